The van der Waals surface area contributed by atoms with Crippen molar-refractivity contribution in [1.29, 1.82) is 0 Å². The van der Waals surface area contributed by atoms with E-state index >= 15 is 0 Å². The Morgan fingerprint density at radius 3 is 2.58 bits per heavy atom. The van der Waals surface area contributed by atoms with Crippen molar-refractivity contribution in [2.24, 2.45) is 7.05 Å². The van der Waals surface area contributed by atoms with Gasteiger partial charge >= 0.3 is 0 Å². The molecule has 7 heteroatoms. The minimum atomic E-state index is -0.473. The van der Waals surface area contributed by atoms with Gasteiger partial charge < -0.3 is 5.32 Å². The van der Waals surface area contributed by atoms with Gasteiger partial charge in [-0.3, -0.25) is 19.3 Å². The summed E-state index contributed by atoms with van der Waals surface area (Å²) in [4.78, 5) is 29.0. The standard InChI is InChI=1S/C17H15ClN4O2/c1-11-15(20-16(23)13-10-19-9-8-14(13)18)17(24)22(21(11)2)12-6-4-3-5-7-12/h3-10H,1-2H3,(H,20,23). The number of para-hydroxylation sites is 1. The minimum absolute atomic E-state index is 0.214. The lowest BCUT2D eigenvalue weighted by atomic mass is 10.2. The summed E-state index contributed by atoms with van der Waals surface area (Å²) >= 11 is 6.01. The molecule has 0 unspecified atom stereocenters. The number of aromatic nitrogens is 3. The molecule has 0 aliphatic heterocycles. The van der Waals surface area contributed by atoms with Crippen molar-refractivity contribution in [3.05, 3.63) is 75.4 Å². The van der Waals surface area contributed by atoms with E-state index in [2.05, 4.69) is 10.3 Å². The molecule has 1 amide bonds. The zero-order chi connectivity index (χ0) is 17.3. The molecular formula is C17H15ClN4O2. The van der Waals surface area contributed by atoms with Gasteiger partial charge in [-0.2, -0.15) is 0 Å². The Kier molecular flexibility index (Phi) is 4.22. The highest BCUT2D eigenvalue weighted by Crippen LogP contribution is 2.18. The number of carbonyl (C=O) groups excluding carboxylic acids is 1. The summed E-state index contributed by atoms with van der Waals surface area (Å²) < 4.78 is 3.19. The molecule has 2 heterocycles. The first-order chi connectivity index (χ1) is 11.5. The van der Waals surface area contributed by atoms with E-state index in [1.165, 1.54) is 23.1 Å². The Labute approximate surface area is 143 Å². The van der Waals surface area contributed by atoms with E-state index in [1.54, 1.807) is 18.7 Å². The van der Waals surface area contributed by atoms with Crippen molar-refractivity contribution in [3.8, 4) is 5.69 Å². The molecular weight excluding hydrogens is 328 g/mol. The first-order valence-corrected chi connectivity index (χ1v) is 7.63. The van der Waals surface area contributed by atoms with E-state index in [-0.39, 0.29) is 21.8 Å². The topological polar surface area (TPSA) is 68.9 Å². The average molecular weight is 343 g/mol. The predicted octanol–water partition coefficient (Wildman–Crippen LogP) is 2.79. The second kappa shape index (κ2) is 6.33. The number of carbonyl (C=O) groups is 1. The van der Waals surface area contributed by atoms with Crippen LogP contribution in [-0.2, 0) is 7.05 Å². The van der Waals surface area contributed by atoms with Crippen LogP contribution in [-0.4, -0.2) is 20.3 Å². The Hall–Kier alpha value is -2.86. The molecule has 0 fully saturated rings. The molecule has 2 aromatic heterocycles. The van der Waals surface area contributed by atoms with Crippen LogP contribution < -0.4 is 10.9 Å². The van der Waals surface area contributed by atoms with Gasteiger partial charge in [0.05, 0.1) is 22.0 Å². The molecule has 3 aromatic rings. The largest absolute Gasteiger partial charge is 0.316 e. The zero-order valence-electron chi connectivity index (χ0n) is 13.2. The van der Waals surface area contributed by atoms with Gasteiger partial charge in [-0.25, -0.2) is 4.68 Å². The van der Waals surface area contributed by atoms with Crippen molar-refractivity contribution >= 4 is 23.2 Å². The smallest absolute Gasteiger partial charge is 0.295 e. The fourth-order valence-corrected chi connectivity index (χ4v) is 2.63. The minimum Gasteiger partial charge on any atom is -0.316 e. The van der Waals surface area contributed by atoms with E-state index < -0.39 is 5.91 Å². The molecule has 0 saturated heterocycles. The molecule has 24 heavy (non-hydrogen) atoms. The summed E-state index contributed by atoms with van der Waals surface area (Å²) in [5.74, 6) is -0.473. The maximum absolute atomic E-state index is 12.7. The predicted molar refractivity (Wildman–Crippen MR) is 92.9 cm³/mol. The number of pyridine rings is 1. The van der Waals surface area contributed by atoms with Gasteiger partial charge in [0.25, 0.3) is 11.5 Å². The number of hydrogen-bond acceptors (Lipinski definition) is 3. The molecule has 0 spiro atoms. The first-order valence-electron chi connectivity index (χ1n) is 7.25. The van der Waals surface area contributed by atoms with Crippen LogP contribution in [0.25, 0.3) is 5.69 Å². The number of hydrogen-bond donors (Lipinski definition) is 1. The fourth-order valence-electron chi connectivity index (χ4n) is 2.44. The van der Waals surface area contributed by atoms with Gasteiger partial charge in [0.2, 0.25) is 0 Å². The zero-order valence-corrected chi connectivity index (χ0v) is 13.9. The molecule has 1 N–H and O–H groups in total. The fraction of sp³-hybridized carbons (Fsp3) is 0.118. The summed E-state index contributed by atoms with van der Waals surface area (Å²) in [7, 11) is 1.76. The average Bonchev–Trinajstić information content (AvgIpc) is 2.79. The number of anilines is 1. The molecule has 0 saturated carbocycles. The van der Waals surface area contributed by atoms with Gasteiger partial charge in [0.1, 0.15) is 5.69 Å². The summed E-state index contributed by atoms with van der Waals surface area (Å²) in [6.45, 7) is 1.77. The van der Waals surface area contributed by atoms with Crippen molar-refractivity contribution in [1.82, 2.24) is 14.3 Å². The van der Waals surface area contributed by atoms with Gasteiger partial charge in [-0.1, -0.05) is 29.8 Å². The third-order valence-corrected chi connectivity index (χ3v) is 4.13. The monoisotopic (exact) mass is 342 g/mol. The summed E-state index contributed by atoms with van der Waals surface area (Å²) in [5.41, 5.74) is 1.47. The van der Waals surface area contributed by atoms with E-state index in [0.717, 1.165) is 0 Å². The van der Waals surface area contributed by atoms with Crippen LogP contribution in [0.5, 0.6) is 0 Å². The van der Waals surface area contributed by atoms with Crippen molar-refractivity contribution in [3.63, 3.8) is 0 Å². The molecule has 122 valence electrons. The maximum Gasteiger partial charge on any atom is 0.295 e. The second-order valence-corrected chi connectivity index (χ2v) is 5.65. The number of amides is 1. The van der Waals surface area contributed by atoms with Gasteiger partial charge in [-0.15, -0.1) is 0 Å². The van der Waals surface area contributed by atoms with Crippen LogP contribution in [0.4, 0.5) is 5.69 Å². The van der Waals surface area contributed by atoms with E-state index in [1.807, 2.05) is 30.3 Å². The van der Waals surface area contributed by atoms with Crippen LogP contribution in [0.3, 0.4) is 0 Å². The van der Waals surface area contributed by atoms with E-state index in [9.17, 15) is 9.59 Å². The number of halogens is 1. The van der Waals surface area contributed by atoms with E-state index in [4.69, 9.17) is 11.6 Å². The normalized spacial score (nSPS) is 10.6. The number of nitrogens with one attached hydrogen (secondary N) is 1. The summed E-state index contributed by atoms with van der Waals surface area (Å²) in [5, 5.41) is 2.93. The second-order valence-electron chi connectivity index (χ2n) is 5.25. The van der Waals surface area contributed by atoms with Crippen LogP contribution in [0.15, 0.2) is 53.6 Å². The third kappa shape index (κ3) is 2.72. The van der Waals surface area contributed by atoms with E-state index in [0.29, 0.717) is 11.4 Å². The highest BCUT2D eigenvalue weighted by molar-refractivity contribution is 6.34. The maximum atomic E-state index is 12.7. The number of rotatable bonds is 3. The van der Waals surface area contributed by atoms with Crippen LogP contribution in [0, 0.1) is 6.92 Å². The van der Waals surface area contributed by atoms with Gasteiger partial charge in [0, 0.05) is 19.4 Å². The first kappa shape index (κ1) is 16.0. The molecule has 0 atom stereocenters. The lowest BCUT2D eigenvalue weighted by Crippen LogP contribution is -2.23. The lowest BCUT2D eigenvalue weighted by molar-refractivity contribution is 0.102. The molecule has 0 bridgehead atoms. The Bertz CT molecular complexity index is 960. The Morgan fingerprint density at radius 1 is 1.21 bits per heavy atom. The van der Waals surface area contributed by atoms with Gasteiger partial charge in [0.15, 0.2) is 0 Å². The molecule has 1 aromatic carbocycles. The molecule has 6 nitrogen and oxygen atoms in total. The van der Waals surface area contributed by atoms with Crippen LogP contribution in [0.1, 0.15) is 16.1 Å². The Morgan fingerprint density at radius 2 is 1.92 bits per heavy atom. The molecule has 0 aliphatic carbocycles. The number of nitrogens with zero attached hydrogens (tertiary/aromatic N) is 3. The highest BCUT2D eigenvalue weighted by atomic mass is 35.5. The highest BCUT2D eigenvalue weighted by Gasteiger charge is 2.19. The van der Waals surface area contributed by atoms with Crippen molar-refractivity contribution in [2.45, 2.75) is 6.92 Å². The van der Waals surface area contributed by atoms with Crippen molar-refractivity contribution in [2.75, 3.05) is 5.32 Å². The SMILES string of the molecule is Cc1c(NC(=O)c2cnccc2Cl)c(=O)n(-c2ccccc2)n1C. The van der Waals surface area contributed by atoms with Crippen LogP contribution in [0.2, 0.25) is 5.02 Å². The molecule has 0 aliphatic rings. The van der Waals surface area contributed by atoms with Gasteiger partial charge in [-0.05, 0) is 25.1 Å². The Balaban J connectivity index is 2.03. The summed E-state index contributed by atoms with van der Waals surface area (Å²) in [6, 6.07) is 10.7. The third-order valence-electron chi connectivity index (χ3n) is 3.81. The molecule has 3 rings (SSSR count). The van der Waals surface area contributed by atoms with Crippen molar-refractivity contribution < 1.29 is 4.79 Å². The number of benzene rings is 1. The quantitative estimate of drug-likeness (QED) is 0.795. The summed E-state index contributed by atoms with van der Waals surface area (Å²) in [6.07, 6.45) is 2.86. The lowest BCUT2D eigenvalue weighted by Gasteiger charge is -2.07. The van der Waals surface area contributed by atoms with Crippen LogP contribution >= 0.6 is 11.6 Å². The molecule has 0 radical (unpaired) electrons.